The number of thiazole rings is 1. The number of halogens is 2. The highest BCUT2D eigenvalue weighted by atomic mass is 35.5. The fourth-order valence-electron chi connectivity index (χ4n) is 1.39. The van der Waals surface area contributed by atoms with Crippen molar-refractivity contribution in [2.45, 2.75) is 13.0 Å². The van der Waals surface area contributed by atoms with E-state index in [1.165, 1.54) is 11.3 Å². The molecule has 0 aliphatic heterocycles. The first-order valence-electron chi connectivity index (χ1n) is 5.45. The summed E-state index contributed by atoms with van der Waals surface area (Å²) in [7, 11) is 0. The molecule has 1 aromatic carbocycles. The minimum atomic E-state index is -0.340. The minimum absolute atomic E-state index is 0.193. The van der Waals surface area contributed by atoms with Crippen molar-refractivity contribution >= 4 is 46.1 Å². The van der Waals surface area contributed by atoms with Gasteiger partial charge in [0.15, 0.2) is 0 Å². The third-order valence-electron chi connectivity index (χ3n) is 2.34. The first-order chi connectivity index (χ1) is 8.99. The number of nitrogens with zero attached hydrogens (tertiary/aromatic N) is 1. The molecule has 0 spiro atoms. The van der Waals surface area contributed by atoms with Gasteiger partial charge in [-0.2, -0.15) is 0 Å². The van der Waals surface area contributed by atoms with Gasteiger partial charge in [-0.15, -0.1) is 11.3 Å². The van der Waals surface area contributed by atoms with E-state index in [1.54, 1.807) is 23.6 Å². The molecule has 0 saturated heterocycles. The van der Waals surface area contributed by atoms with Gasteiger partial charge in [0.1, 0.15) is 10.7 Å². The lowest BCUT2D eigenvalue weighted by Gasteiger charge is -2.06. The highest BCUT2D eigenvalue weighted by molar-refractivity contribution is 7.09. The number of anilines is 1. The molecule has 0 bridgehead atoms. The lowest BCUT2D eigenvalue weighted by atomic mass is 10.3. The van der Waals surface area contributed by atoms with E-state index in [0.717, 1.165) is 0 Å². The fraction of sp³-hybridized carbons (Fsp3) is 0.167. The maximum absolute atomic E-state index is 12.0. The maximum atomic E-state index is 12.0. The number of amides is 1. The van der Waals surface area contributed by atoms with Gasteiger partial charge in [-0.1, -0.05) is 29.3 Å². The van der Waals surface area contributed by atoms with Gasteiger partial charge in [-0.3, -0.25) is 4.79 Å². The minimum Gasteiger partial charge on any atom is -0.322 e. The highest BCUT2D eigenvalue weighted by Gasteiger charge is 2.14. The van der Waals surface area contributed by atoms with E-state index < -0.39 is 0 Å². The largest absolute Gasteiger partial charge is 0.322 e. The molecule has 1 heterocycles. The number of aromatic nitrogens is 1. The van der Waals surface area contributed by atoms with Crippen molar-refractivity contribution in [2.24, 2.45) is 5.73 Å². The summed E-state index contributed by atoms with van der Waals surface area (Å²) in [6.45, 7) is 1.81. The van der Waals surface area contributed by atoms with Crippen molar-refractivity contribution in [1.29, 1.82) is 0 Å². The summed E-state index contributed by atoms with van der Waals surface area (Å²) in [4.78, 5) is 16.2. The molecule has 2 rings (SSSR count). The van der Waals surface area contributed by atoms with Gasteiger partial charge < -0.3 is 11.1 Å². The number of hydrogen-bond acceptors (Lipinski definition) is 4. The second-order valence-electron chi connectivity index (χ2n) is 3.92. The first kappa shape index (κ1) is 14.3. The Morgan fingerprint density at radius 3 is 2.84 bits per heavy atom. The molecule has 1 unspecified atom stereocenters. The van der Waals surface area contributed by atoms with E-state index in [2.05, 4.69) is 10.3 Å². The van der Waals surface area contributed by atoms with Crippen LogP contribution >= 0.6 is 34.5 Å². The summed E-state index contributed by atoms with van der Waals surface area (Å²) in [6, 6.07) is 4.83. The van der Waals surface area contributed by atoms with Crippen LogP contribution in [-0.4, -0.2) is 10.9 Å². The number of hydrogen-bond donors (Lipinski definition) is 2. The van der Waals surface area contributed by atoms with Crippen LogP contribution in [0.2, 0.25) is 10.0 Å². The second-order valence-corrected chi connectivity index (χ2v) is 5.59. The smallest absolute Gasteiger partial charge is 0.275 e. The van der Waals surface area contributed by atoms with E-state index in [9.17, 15) is 4.79 Å². The first-order valence-corrected chi connectivity index (χ1v) is 7.09. The zero-order valence-electron chi connectivity index (χ0n) is 9.98. The van der Waals surface area contributed by atoms with Crippen LogP contribution < -0.4 is 11.1 Å². The predicted molar refractivity (Wildman–Crippen MR) is 79.1 cm³/mol. The summed E-state index contributed by atoms with van der Waals surface area (Å²) in [6.07, 6.45) is 0. The van der Waals surface area contributed by atoms with Gasteiger partial charge in [-0.25, -0.2) is 4.98 Å². The Morgan fingerprint density at radius 2 is 2.21 bits per heavy atom. The Kier molecular flexibility index (Phi) is 4.42. The van der Waals surface area contributed by atoms with E-state index >= 15 is 0 Å². The average Bonchev–Trinajstić information content (AvgIpc) is 2.84. The Morgan fingerprint density at radius 1 is 1.47 bits per heavy atom. The van der Waals surface area contributed by atoms with Crippen LogP contribution in [0.5, 0.6) is 0 Å². The topological polar surface area (TPSA) is 68.0 Å². The van der Waals surface area contributed by atoms with Crippen molar-refractivity contribution in [1.82, 2.24) is 4.98 Å². The number of rotatable bonds is 3. The lowest BCUT2D eigenvalue weighted by molar-refractivity contribution is 0.102. The van der Waals surface area contributed by atoms with Crippen LogP contribution in [-0.2, 0) is 0 Å². The highest BCUT2D eigenvalue weighted by Crippen LogP contribution is 2.30. The molecule has 7 heteroatoms. The molecule has 100 valence electrons. The second kappa shape index (κ2) is 5.88. The van der Waals surface area contributed by atoms with Crippen molar-refractivity contribution in [2.75, 3.05) is 5.32 Å². The number of nitrogens with one attached hydrogen (secondary N) is 1. The van der Waals surface area contributed by atoms with Gasteiger partial charge in [0.25, 0.3) is 5.91 Å². The fourth-order valence-corrected chi connectivity index (χ4v) is 2.49. The molecular formula is C12H11Cl2N3OS. The van der Waals surface area contributed by atoms with Gasteiger partial charge >= 0.3 is 0 Å². The third kappa shape index (κ3) is 3.25. The van der Waals surface area contributed by atoms with Crippen molar-refractivity contribution in [3.8, 4) is 0 Å². The molecule has 2 aromatic rings. The normalized spacial score (nSPS) is 12.2. The zero-order valence-corrected chi connectivity index (χ0v) is 12.3. The molecule has 3 N–H and O–H groups in total. The van der Waals surface area contributed by atoms with Crippen LogP contribution in [0.4, 0.5) is 5.69 Å². The molecule has 1 aromatic heterocycles. The van der Waals surface area contributed by atoms with Crippen LogP contribution in [0, 0.1) is 0 Å². The summed E-state index contributed by atoms with van der Waals surface area (Å²) in [5.41, 5.74) is 6.47. The monoisotopic (exact) mass is 315 g/mol. The molecule has 0 aliphatic rings. The Balaban J connectivity index is 2.18. The zero-order chi connectivity index (χ0) is 14.0. The van der Waals surface area contributed by atoms with Crippen molar-refractivity contribution < 1.29 is 4.79 Å². The quantitative estimate of drug-likeness (QED) is 0.907. The third-order valence-corrected chi connectivity index (χ3v) is 4.21. The number of carbonyl (C=O) groups excluding carboxylic acids is 1. The molecule has 4 nitrogen and oxygen atoms in total. The van der Waals surface area contributed by atoms with E-state index in [-0.39, 0.29) is 11.9 Å². The summed E-state index contributed by atoms with van der Waals surface area (Å²) in [5.74, 6) is -0.340. The summed E-state index contributed by atoms with van der Waals surface area (Å²) < 4.78 is 0. The Labute approximate surface area is 124 Å². The van der Waals surface area contributed by atoms with Crippen molar-refractivity contribution in [3.63, 3.8) is 0 Å². The van der Waals surface area contributed by atoms with E-state index in [4.69, 9.17) is 28.9 Å². The number of carbonyl (C=O) groups is 1. The average molecular weight is 316 g/mol. The van der Waals surface area contributed by atoms with Crippen LogP contribution in [0.25, 0.3) is 0 Å². The lowest BCUT2D eigenvalue weighted by Crippen LogP contribution is -2.13. The molecule has 0 radical (unpaired) electrons. The van der Waals surface area contributed by atoms with Gasteiger partial charge in [0, 0.05) is 5.38 Å². The summed E-state index contributed by atoms with van der Waals surface area (Å²) >= 11 is 13.2. The van der Waals surface area contributed by atoms with Crippen LogP contribution in [0.1, 0.15) is 28.5 Å². The van der Waals surface area contributed by atoms with Crippen molar-refractivity contribution in [3.05, 3.63) is 44.3 Å². The molecule has 1 amide bonds. The number of nitrogens with two attached hydrogens (primary N) is 1. The molecule has 0 fully saturated rings. The SMILES string of the molecule is CC(N)c1nc(C(=O)Nc2cccc(Cl)c2Cl)cs1. The van der Waals surface area contributed by atoms with Crippen LogP contribution in [0.15, 0.2) is 23.6 Å². The molecule has 0 aliphatic carbocycles. The molecule has 1 atom stereocenters. The Hall–Kier alpha value is -1.14. The predicted octanol–water partition coefficient (Wildman–Crippen LogP) is 3.72. The summed E-state index contributed by atoms with van der Waals surface area (Å²) in [5, 5.41) is 5.73. The molecule has 0 saturated carbocycles. The standard InChI is InChI=1S/C12H11Cl2N3OS/c1-6(15)12-17-9(5-19-12)11(18)16-8-4-2-3-7(13)10(8)14/h2-6H,15H2,1H3,(H,16,18). The van der Waals surface area contributed by atoms with E-state index in [0.29, 0.717) is 26.4 Å². The van der Waals surface area contributed by atoms with Gasteiger partial charge in [0.2, 0.25) is 0 Å². The van der Waals surface area contributed by atoms with E-state index in [1.807, 2.05) is 6.92 Å². The van der Waals surface area contributed by atoms with Crippen LogP contribution in [0.3, 0.4) is 0 Å². The van der Waals surface area contributed by atoms with Gasteiger partial charge in [0.05, 0.1) is 21.8 Å². The molecule has 19 heavy (non-hydrogen) atoms. The van der Waals surface area contributed by atoms with Gasteiger partial charge in [-0.05, 0) is 19.1 Å². The number of benzene rings is 1. The maximum Gasteiger partial charge on any atom is 0.275 e. The Bertz CT molecular complexity index is 613. The molecular weight excluding hydrogens is 305 g/mol.